The SMILES string of the molecule is NC(=O)c1ccc(N=c2oc3ccc(Br)cc3cc2C(=O)Nc2ccccn2)cc1. The highest BCUT2D eigenvalue weighted by atomic mass is 79.9. The molecule has 0 aliphatic heterocycles. The Morgan fingerprint density at radius 3 is 2.53 bits per heavy atom. The highest BCUT2D eigenvalue weighted by molar-refractivity contribution is 9.10. The number of nitrogens with zero attached hydrogens (tertiary/aromatic N) is 2. The van der Waals surface area contributed by atoms with Crippen molar-refractivity contribution in [1.82, 2.24) is 4.98 Å². The van der Waals surface area contributed by atoms with Crippen molar-refractivity contribution < 1.29 is 14.0 Å². The van der Waals surface area contributed by atoms with Crippen LogP contribution in [0.4, 0.5) is 11.5 Å². The van der Waals surface area contributed by atoms with Crippen molar-refractivity contribution in [1.29, 1.82) is 0 Å². The maximum atomic E-state index is 13.0. The van der Waals surface area contributed by atoms with Gasteiger partial charge in [0.25, 0.3) is 5.91 Å². The van der Waals surface area contributed by atoms with Gasteiger partial charge in [-0.2, -0.15) is 0 Å². The molecule has 30 heavy (non-hydrogen) atoms. The van der Waals surface area contributed by atoms with E-state index in [4.69, 9.17) is 10.2 Å². The Morgan fingerprint density at radius 2 is 1.83 bits per heavy atom. The van der Waals surface area contributed by atoms with Gasteiger partial charge >= 0.3 is 0 Å². The van der Waals surface area contributed by atoms with Crippen LogP contribution >= 0.6 is 15.9 Å². The topological polar surface area (TPSA) is 111 Å². The number of benzene rings is 2. The van der Waals surface area contributed by atoms with Crippen molar-refractivity contribution in [3.63, 3.8) is 0 Å². The second-order valence-electron chi connectivity index (χ2n) is 6.34. The fourth-order valence-corrected chi connectivity index (χ4v) is 3.16. The Morgan fingerprint density at radius 1 is 1.03 bits per heavy atom. The summed E-state index contributed by atoms with van der Waals surface area (Å²) in [5.41, 5.74) is 7.09. The first-order chi connectivity index (χ1) is 14.5. The summed E-state index contributed by atoms with van der Waals surface area (Å²) in [6.07, 6.45) is 1.59. The number of halogens is 1. The average Bonchev–Trinajstić information content (AvgIpc) is 2.74. The van der Waals surface area contributed by atoms with Crippen LogP contribution in [0.5, 0.6) is 0 Å². The van der Waals surface area contributed by atoms with Crippen molar-refractivity contribution in [2.45, 2.75) is 0 Å². The van der Waals surface area contributed by atoms with E-state index in [-0.39, 0.29) is 11.1 Å². The number of rotatable bonds is 4. The van der Waals surface area contributed by atoms with Crippen molar-refractivity contribution >= 4 is 50.2 Å². The van der Waals surface area contributed by atoms with Crippen LogP contribution < -0.4 is 16.6 Å². The van der Waals surface area contributed by atoms with Gasteiger partial charge in [-0.05, 0) is 60.7 Å². The van der Waals surface area contributed by atoms with Crippen molar-refractivity contribution in [2.75, 3.05) is 5.32 Å². The minimum Gasteiger partial charge on any atom is -0.438 e. The third kappa shape index (κ3) is 4.28. The van der Waals surface area contributed by atoms with Gasteiger partial charge < -0.3 is 15.5 Å². The molecule has 148 valence electrons. The number of nitrogens with one attached hydrogen (secondary N) is 1. The van der Waals surface area contributed by atoms with Gasteiger partial charge in [0.2, 0.25) is 11.5 Å². The van der Waals surface area contributed by atoms with Gasteiger partial charge in [0, 0.05) is 21.6 Å². The minimum absolute atomic E-state index is 0.130. The fraction of sp³-hybridized carbons (Fsp3) is 0. The number of hydrogen-bond acceptors (Lipinski definition) is 5. The first-order valence-electron chi connectivity index (χ1n) is 8.90. The molecule has 0 bridgehead atoms. The number of fused-ring (bicyclic) bond motifs is 1. The zero-order valence-electron chi connectivity index (χ0n) is 15.5. The molecule has 2 aromatic heterocycles. The van der Waals surface area contributed by atoms with E-state index in [9.17, 15) is 9.59 Å². The fourth-order valence-electron chi connectivity index (χ4n) is 2.78. The number of carbonyl (C=O) groups excluding carboxylic acids is 2. The van der Waals surface area contributed by atoms with Gasteiger partial charge in [-0.15, -0.1) is 0 Å². The third-order valence-corrected chi connectivity index (χ3v) is 4.74. The molecule has 0 fully saturated rings. The Balaban J connectivity index is 1.83. The third-order valence-electron chi connectivity index (χ3n) is 4.24. The first-order valence-corrected chi connectivity index (χ1v) is 9.69. The summed E-state index contributed by atoms with van der Waals surface area (Å²) in [6, 6.07) is 18.8. The van der Waals surface area contributed by atoms with E-state index in [2.05, 4.69) is 31.2 Å². The van der Waals surface area contributed by atoms with Crippen LogP contribution in [0.25, 0.3) is 11.0 Å². The van der Waals surface area contributed by atoms with E-state index >= 15 is 0 Å². The Labute approximate surface area is 179 Å². The Bertz CT molecular complexity index is 1320. The molecule has 4 rings (SSSR count). The number of nitrogens with two attached hydrogens (primary N) is 1. The molecule has 0 saturated heterocycles. The quantitative estimate of drug-likeness (QED) is 0.473. The monoisotopic (exact) mass is 462 g/mol. The van der Waals surface area contributed by atoms with Crippen molar-refractivity contribution in [3.8, 4) is 0 Å². The maximum Gasteiger partial charge on any atom is 0.262 e. The maximum absolute atomic E-state index is 13.0. The lowest BCUT2D eigenvalue weighted by Gasteiger charge is -2.07. The molecule has 2 heterocycles. The van der Waals surface area contributed by atoms with Gasteiger partial charge in [0.05, 0.1) is 5.69 Å². The zero-order chi connectivity index (χ0) is 21.1. The van der Waals surface area contributed by atoms with E-state index in [1.54, 1.807) is 60.8 Å². The summed E-state index contributed by atoms with van der Waals surface area (Å²) >= 11 is 3.43. The van der Waals surface area contributed by atoms with Gasteiger partial charge in [-0.3, -0.25) is 9.59 Å². The minimum atomic E-state index is -0.530. The van der Waals surface area contributed by atoms with Crippen LogP contribution in [0, 0.1) is 0 Å². The summed E-state index contributed by atoms with van der Waals surface area (Å²) in [5, 5.41) is 3.48. The van der Waals surface area contributed by atoms with E-state index in [1.807, 2.05) is 12.1 Å². The van der Waals surface area contributed by atoms with Gasteiger partial charge in [-0.25, -0.2) is 9.98 Å². The molecule has 3 N–H and O–H groups in total. The normalized spacial score (nSPS) is 11.4. The number of hydrogen-bond donors (Lipinski definition) is 2. The first kappa shape index (κ1) is 19.5. The number of pyridine rings is 1. The lowest BCUT2D eigenvalue weighted by molar-refractivity contribution is 0.0997. The molecule has 2 aromatic carbocycles. The number of aromatic nitrogens is 1. The Hall–Kier alpha value is -3.78. The second-order valence-corrected chi connectivity index (χ2v) is 7.26. The highest BCUT2D eigenvalue weighted by Gasteiger charge is 2.14. The summed E-state index contributed by atoms with van der Waals surface area (Å²) in [4.78, 5) is 32.8. The predicted octanol–water partition coefficient (Wildman–Crippen LogP) is 4.17. The molecular formula is C22H15BrN4O3. The molecule has 0 spiro atoms. The predicted molar refractivity (Wildman–Crippen MR) is 116 cm³/mol. The average molecular weight is 463 g/mol. The number of anilines is 1. The van der Waals surface area contributed by atoms with E-state index in [1.165, 1.54) is 0 Å². The lowest BCUT2D eigenvalue weighted by Crippen LogP contribution is -2.22. The smallest absolute Gasteiger partial charge is 0.262 e. The molecule has 0 atom stereocenters. The standard InChI is InChI=1S/C22H15BrN4O3/c23-15-6-9-18-14(11-15)12-17(21(29)27-19-3-1-2-10-25-19)22(30-18)26-16-7-4-13(5-8-16)20(24)28/h1-12H,(H2,24,28)(H,25,27,29). The zero-order valence-corrected chi connectivity index (χ0v) is 17.1. The van der Waals surface area contributed by atoms with Crippen LogP contribution in [-0.4, -0.2) is 16.8 Å². The van der Waals surface area contributed by atoms with Crippen molar-refractivity contribution in [2.24, 2.45) is 10.7 Å². The van der Waals surface area contributed by atoms with E-state index in [0.717, 1.165) is 9.86 Å². The highest BCUT2D eigenvalue weighted by Crippen LogP contribution is 2.20. The summed E-state index contributed by atoms with van der Waals surface area (Å²) < 4.78 is 6.78. The molecule has 4 aromatic rings. The lowest BCUT2D eigenvalue weighted by atomic mass is 10.1. The van der Waals surface area contributed by atoms with E-state index in [0.29, 0.717) is 22.7 Å². The summed E-state index contributed by atoms with van der Waals surface area (Å²) in [7, 11) is 0. The second kappa shape index (κ2) is 8.30. The molecule has 7 nitrogen and oxygen atoms in total. The molecule has 2 amide bonds. The van der Waals surface area contributed by atoms with E-state index < -0.39 is 11.8 Å². The molecular weight excluding hydrogens is 448 g/mol. The molecule has 0 unspecified atom stereocenters. The van der Waals surface area contributed by atoms with Crippen LogP contribution in [0.3, 0.4) is 0 Å². The molecule has 0 saturated carbocycles. The molecule has 0 aliphatic rings. The molecule has 0 radical (unpaired) electrons. The van der Waals surface area contributed by atoms with Crippen molar-refractivity contribution in [3.05, 3.63) is 94.1 Å². The number of carbonyl (C=O) groups is 2. The van der Waals surface area contributed by atoms with Crippen LogP contribution in [0.1, 0.15) is 20.7 Å². The number of amides is 2. The Kier molecular flexibility index (Phi) is 5.40. The van der Waals surface area contributed by atoms with Gasteiger partial charge in [-0.1, -0.05) is 22.0 Å². The number of primary amides is 1. The van der Waals surface area contributed by atoms with Gasteiger partial charge in [0.15, 0.2) is 0 Å². The van der Waals surface area contributed by atoms with Crippen LogP contribution in [0.15, 0.2) is 86.8 Å². The summed E-state index contributed by atoms with van der Waals surface area (Å²) in [5.74, 6) is -0.529. The van der Waals surface area contributed by atoms with Gasteiger partial charge in [0.1, 0.15) is 17.0 Å². The van der Waals surface area contributed by atoms with Crippen LogP contribution in [0.2, 0.25) is 0 Å². The largest absolute Gasteiger partial charge is 0.438 e. The summed E-state index contributed by atoms with van der Waals surface area (Å²) in [6.45, 7) is 0. The van der Waals surface area contributed by atoms with Crippen LogP contribution in [-0.2, 0) is 0 Å². The molecule has 8 heteroatoms. The molecule has 0 aliphatic carbocycles.